The number of hydrogen-bond donors (Lipinski definition) is 1. The van der Waals surface area contributed by atoms with Gasteiger partial charge in [0.25, 0.3) is 0 Å². The molecule has 0 amide bonds. The van der Waals surface area contributed by atoms with Crippen LogP contribution in [-0.2, 0) is 4.74 Å². The van der Waals surface area contributed by atoms with Crippen LogP contribution in [-0.4, -0.2) is 36.3 Å². The second-order valence-corrected chi connectivity index (χ2v) is 8.33. The van der Waals surface area contributed by atoms with Crippen LogP contribution in [0.1, 0.15) is 64.7 Å². The van der Waals surface area contributed by atoms with E-state index in [1.54, 1.807) is 0 Å². The van der Waals surface area contributed by atoms with Crippen LogP contribution < -0.4 is 5.32 Å². The Balaban J connectivity index is 1.52. The molecule has 3 fully saturated rings. The molecule has 3 rings (SSSR count). The van der Waals surface area contributed by atoms with Gasteiger partial charge in [0.05, 0.1) is 6.10 Å². The Hall–Kier alpha value is 0.270. The number of rotatable bonds is 5. The molecule has 2 saturated carbocycles. The SMILES string of the molecule is CCOC1CC(NCC2CCCCS2)C12CCCCC2. The minimum atomic E-state index is 0.494. The molecule has 2 nitrogen and oxygen atoms in total. The molecule has 116 valence electrons. The first kappa shape index (κ1) is 15.2. The maximum absolute atomic E-state index is 6.05. The lowest BCUT2D eigenvalue weighted by Gasteiger charge is -2.58. The van der Waals surface area contributed by atoms with Gasteiger partial charge in [0.2, 0.25) is 0 Å². The Bertz CT molecular complexity index is 297. The molecule has 0 aromatic carbocycles. The molecule has 2 aliphatic carbocycles. The quantitative estimate of drug-likeness (QED) is 0.829. The van der Waals surface area contributed by atoms with Gasteiger partial charge in [0.1, 0.15) is 0 Å². The summed E-state index contributed by atoms with van der Waals surface area (Å²) in [6, 6.07) is 0.738. The highest BCUT2D eigenvalue weighted by atomic mass is 32.2. The molecule has 1 aliphatic heterocycles. The summed E-state index contributed by atoms with van der Waals surface area (Å²) in [7, 11) is 0. The topological polar surface area (TPSA) is 21.3 Å². The van der Waals surface area contributed by atoms with Crippen LogP contribution in [0, 0.1) is 5.41 Å². The van der Waals surface area contributed by atoms with E-state index >= 15 is 0 Å². The minimum absolute atomic E-state index is 0.494. The Labute approximate surface area is 128 Å². The van der Waals surface area contributed by atoms with Gasteiger partial charge in [0.15, 0.2) is 0 Å². The molecule has 0 bridgehead atoms. The number of nitrogens with one attached hydrogen (secondary N) is 1. The van der Waals surface area contributed by atoms with Gasteiger partial charge in [-0.2, -0.15) is 11.8 Å². The van der Waals surface area contributed by atoms with Gasteiger partial charge < -0.3 is 10.1 Å². The fourth-order valence-corrected chi connectivity index (χ4v) is 5.84. The monoisotopic (exact) mass is 297 g/mol. The van der Waals surface area contributed by atoms with Crippen LogP contribution in [0.3, 0.4) is 0 Å². The Morgan fingerprint density at radius 2 is 2.00 bits per heavy atom. The molecule has 20 heavy (non-hydrogen) atoms. The molecule has 0 aromatic rings. The van der Waals surface area contributed by atoms with Crippen molar-refractivity contribution in [3.8, 4) is 0 Å². The lowest BCUT2D eigenvalue weighted by atomic mass is 9.55. The summed E-state index contributed by atoms with van der Waals surface area (Å²) >= 11 is 2.19. The van der Waals surface area contributed by atoms with Crippen molar-refractivity contribution in [2.45, 2.75) is 82.1 Å². The van der Waals surface area contributed by atoms with Crippen LogP contribution in [0.2, 0.25) is 0 Å². The Kier molecular flexibility index (Phi) is 5.33. The zero-order valence-electron chi connectivity index (χ0n) is 13.0. The average Bonchev–Trinajstić information content (AvgIpc) is 2.52. The van der Waals surface area contributed by atoms with Gasteiger partial charge in [-0.05, 0) is 44.8 Å². The fourth-order valence-electron chi connectivity index (χ4n) is 4.59. The molecule has 3 unspecified atom stereocenters. The van der Waals surface area contributed by atoms with E-state index in [2.05, 4.69) is 24.0 Å². The molecule has 0 aromatic heterocycles. The van der Waals surface area contributed by atoms with E-state index < -0.39 is 0 Å². The summed E-state index contributed by atoms with van der Waals surface area (Å²) in [5, 5.41) is 4.81. The van der Waals surface area contributed by atoms with Gasteiger partial charge in [-0.1, -0.05) is 25.7 Å². The van der Waals surface area contributed by atoms with Crippen LogP contribution in [0.25, 0.3) is 0 Å². The summed E-state index contributed by atoms with van der Waals surface area (Å²) in [5.74, 6) is 1.38. The van der Waals surface area contributed by atoms with Crippen LogP contribution in [0.5, 0.6) is 0 Å². The smallest absolute Gasteiger partial charge is 0.0661 e. The van der Waals surface area contributed by atoms with Crippen molar-refractivity contribution in [3.05, 3.63) is 0 Å². The van der Waals surface area contributed by atoms with Gasteiger partial charge in [-0.15, -0.1) is 0 Å². The molecule has 0 radical (unpaired) electrons. The summed E-state index contributed by atoms with van der Waals surface area (Å²) in [5.41, 5.74) is 0.494. The largest absolute Gasteiger partial charge is 0.378 e. The van der Waals surface area contributed by atoms with Crippen LogP contribution in [0.15, 0.2) is 0 Å². The molecular weight excluding hydrogens is 266 g/mol. The van der Waals surface area contributed by atoms with Gasteiger partial charge in [-0.3, -0.25) is 0 Å². The molecule has 1 spiro atoms. The first-order chi connectivity index (χ1) is 9.85. The highest BCUT2D eigenvalue weighted by Gasteiger charge is 2.55. The second-order valence-electron chi connectivity index (χ2n) is 6.92. The van der Waals surface area contributed by atoms with Crippen molar-refractivity contribution in [2.75, 3.05) is 18.9 Å². The maximum atomic E-state index is 6.05. The lowest BCUT2D eigenvalue weighted by Crippen LogP contribution is -2.65. The van der Waals surface area contributed by atoms with Crippen molar-refractivity contribution in [2.24, 2.45) is 5.41 Å². The number of ether oxygens (including phenoxy) is 1. The number of thioether (sulfide) groups is 1. The zero-order chi connectivity index (χ0) is 13.8. The second kappa shape index (κ2) is 7.02. The molecular formula is C17H31NOS. The normalized spacial score (nSPS) is 36.8. The first-order valence-corrected chi connectivity index (χ1v) is 9.86. The molecule has 1 saturated heterocycles. The lowest BCUT2D eigenvalue weighted by molar-refractivity contribution is -0.149. The van der Waals surface area contributed by atoms with Gasteiger partial charge >= 0.3 is 0 Å². The molecule has 3 atom stereocenters. The zero-order valence-corrected chi connectivity index (χ0v) is 13.9. The van der Waals surface area contributed by atoms with Crippen molar-refractivity contribution in [1.82, 2.24) is 5.32 Å². The van der Waals surface area contributed by atoms with Gasteiger partial charge in [-0.25, -0.2) is 0 Å². The minimum Gasteiger partial charge on any atom is -0.378 e. The third kappa shape index (κ3) is 3.05. The summed E-state index contributed by atoms with van der Waals surface area (Å²) in [6.45, 7) is 4.27. The van der Waals surface area contributed by atoms with E-state index in [4.69, 9.17) is 4.74 Å². The highest BCUT2D eigenvalue weighted by molar-refractivity contribution is 7.99. The third-order valence-corrected chi connectivity index (χ3v) is 7.20. The van der Waals surface area contributed by atoms with E-state index in [1.807, 2.05) is 0 Å². The molecule has 1 heterocycles. The third-order valence-electron chi connectivity index (χ3n) is 5.80. The standard InChI is InChI=1S/C17H31NOS/c1-2-19-16-12-15(17(16)9-5-3-6-10-17)18-13-14-8-4-7-11-20-14/h14-16,18H,2-13H2,1H3. The van der Waals surface area contributed by atoms with Gasteiger partial charge in [0, 0.05) is 29.9 Å². The maximum Gasteiger partial charge on any atom is 0.0661 e. The summed E-state index contributed by atoms with van der Waals surface area (Å²) in [4.78, 5) is 0. The fraction of sp³-hybridized carbons (Fsp3) is 1.00. The molecule has 3 aliphatic rings. The van der Waals surface area contributed by atoms with E-state index in [9.17, 15) is 0 Å². The van der Waals surface area contributed by atoms with Crippen molar-refractivity contribution in [3.63, 3.8) is 0 Å². The predicted octanol–water partition coefficient (Wildman–Crippen LogP) is 3.99. The Morgan fingerprint density at radius 3 is 2.70 bits per heavy atom. The van der Waals surface area contributed by atoms with Crippen molar-refractivity contribution >= 4 is 11.8 Å². The van der Waals surface area contributed by atoms with Crippen LogP contribution >= 0.6 is 11.8 Å². The number of hydrogen-bond acceptors (Lipinski definition) is 3. The first-order valence-electron chi connectivity index (χ1n) is 8.82. The van der Waals surface area contributed by atoms with Crippen molar-refractivity contribution in [1.29, 1.82) is 0 Å². The molecule has 3 heteroatoms. The van der Waals surface area contributed by atoms with Crippen molar-refractivity contribution < 1.29 is 4.74 Å². The average molecular weight is 298 g/mol. The van der Waals surface area contributed by atoms with E-state index in [0.29, 0.717) is 11.5 Å². The van der Waals surface area contributed by atoms with E-state index in [-0.39, 0.29) is 0 Å². The van der Waals surface area contributed by atoms with Crippen LogP contribution in [0.4, 0.5) is 0 Å². The Morgan fingerprint density at radius 1 is 1.15 bits per heavy atom. The summed E-state index contributed by atoms with van der Waals surface area (Å²) < 4.78 is 6.05. The highest BCUT2D eigenvalue weighted by Crippen LogP contribution is 2.53. The predicted molar refractivity (Wildman–Crippen MR) is 87.4 cm³/mol. The van der Waals surface area contributed by atoms with E-state index in [0.717, 1.165) is 17.9 Å². The summed E-state index contributed by atoms with van der Waals surface area (Å²) in [6.07, 6.45) is 13.2. The molecule has 1 N–H and O–H groups in total. The van der Waals surface area contributed by atoms with E-state index in [1.165, 1.54) is 70.1 Å².